The van der Waals surface area contributed by atoms with Crippen molar-refractivity contribution in [3.63, 3.8) is 0 Å². The third-order valence-electron chi connectivity index (χ3n) is 4.19. The highest BCUT2D eigenvalue weighted by Crippen LogP contribution is 2.28. The van der Waals surface area contributed by atoms with Gasteiger partial charge in [-0.1, -0.05) is 6.07 Å². The molecule has 1 aromatic heterocycles. The quantitative estimate of drug-likeness (QED) is 0.845. The van der Waals surface area contributed by atoms with Gasteiger partial charge in [0.25, 0.3) is 0 Å². The smallest absolute Gasteiger partial charge is 0.339 e. The van der Waals surface area contributed by atoms with Gasteiger partial charge >= 0.3 is 6.18 Å². The van der Waals surface area contributed by atoms with Crippen LogP contribution in [0.5, 0.6) is 0 Å². The van der Waals surface area contributed by atoms with Gasteiger partial charge in [0.2, 0.25) is 11.8 Å². The fourth-order valence-corrected chi connectivity index (χ4v) is 2.83. The van der Waals surface area contributed by atoms with Crippen molar-refractivity contribution in [1.82, 2.24) is 14.8 Å². The number of hydrogen-bond donors (Lipinski definition) is 0. The van der Waals surface area contributed by atoms with Crippen molar-refractivity contribution in [2.75, 3.05) is 19.6 Å². The fourth-order valence-electron chi connectivity index (χ4n) is 2.83. The Bertz CT molecular complexity index is 644. The molecule has 8 heteroatoms. The number of likely N-dealkylation sites (N-methyl/N-ethyl adjacent to an activating group) is 1. The first-order chi connectivity index (χ1) is 11.1. The fraction of sp³-hybridized carbons (Fsp3) is 0.562. The van der Waals surface area contributed by atoms with Crippen molar-refractivity contribution in [2.24, 2.45) is 0 Å². The number of nitrogens with zero attached hydrogens (tertiary/aromatic N) is 3. The van der Waals surface area contributed by atoms with Crippen molar-refractivity contribution >= 4 is 11.8 Å². The summed E-state index contributed by atoms with van der Waals surface area (Å²) in [5.41, 5.74) is -2.01. The van der Waals surface area contributed by atoms with Gasteiger partial charge in [-0.25, -0.2) is 4.98 Å². The number of amides is 2. The summed E-state index contributed by atoms with van der Waals surface area (Å²) in [5.74, 6) is -0.572. The number of aromatic nitrogens is 1. The molecule has 2 amide bonds. The van der Waals surface area contributed by atoms with Crippen LogP contribution in [0.15, 0.2) is 18.2 Å². The van der Waals surface area contributed by atoms with Crippen LogP contribution in [0.3, 0.4) is 0 Å². The number of carbonyl (C=O) groups is 2. The van der Waals surface area contributed by atoms with Crippen molar-refractivity contribution in [2.45, 2.75) is 38.9 Å². The summed E-state index contributed by atoms with van der Waals surface area (Å²) in [5, 5.41) is 0. The molecule has 2 rings (SSSR count). The summed E-state index contributed by atoms with van der Waals surface area (Å²) in [7, 11) is 0. The predicted molar refractivity (Wildman–Crippen MR) is 81.0 cm³/mol. The Labute approximate surface area is 138 Å². The van der Waals surface area contributed by atoms with Gasteiger partial charge in [-0.3, -0.25) is 9.59 Å². The molecule has 0 aliphatic carbocycles. The monoisotopic (exact) mass is 343 g/mol. The first-order valence-corrected chi connectivity index (χ1v) is 7.70. The van der Waals surface area contributed by atoms with E-state index in [-0.39, 0.29) is 18.0 Å². The van der Waals surface area contributed by atoms with Gasteiger partial charge in [0.1, 0.15) is 11.2 Å². The predicted octanol–water partition coefficient (Wildman–Crippen LogP) is 2.11. The maximum absolute atomic E-state index is 12.7. The molecule has 1 fully saturated rings. The minimum absolute atomic E-state index is 0.0380. The highest BCUT2D eigenvalue weighted by molar-refractivity contribution is 5.92. The number of rotatable bonds is 3. The van der Waals surface area contributed by atoms with E-state index in [0.29, 0.717) is 19.6 Å². The molecule has 0 bridgehead atoms. The average Bonchev–Trinajstić information content (AvgIpc) is 2.49. The highest BCUT2D eigenvalue weighted by Gasteiger charge is 2.43. The SMILES string of the molecule is CCN1CCN(C(=O)Cc2cccc(C(F)(F)F)n2)C(C)(C)C1=O. The summed E-state index contributed by atoms with van der Waals surface area (Å²) in [6.45, 7) is 6.48. The zero-order chi connectivity index (χ0) is 18.1. The average molecular weight is 343 g/mol. The topological polar surface area (TPSA) is 53.5 Å². The van der Waals surface area contributed by atoms with Gasteiger partial charge in [-0.05, 0) is 32.9 Å². The minimum atomic E-state index is -4.55. The third kappa shape index (κ3) is 3.52. The lowest BCUT2D eigenvalue weighted by molar-refractivity contribution is -0.158. The molecule has 132 valence electrons. The molecule has 0 aromatic carbocycles. The van der Waals surface area contributed by atoms with Crippen LogP contribution in [0, 0.1) is 0 Å². The molecule has 1 aromatic rings. The molecule has 5 nitrogen and oxygen atoms in total. The van der Waals surface area contributed by atoms with Crippen LogP contribution < -0.4 is 0 Å². The van der Waals surface area contributed by atoms with Gasteiger partial charge in [-0.2, -0.15) is 13.2 Å². The molecule has 1 saturated heterocycles. The van der Waals surface area contributed by atoms with Gasteiger partial charge in [-0.15, -0.1) is 0 Å². The molecule has 1 aliphatic rings. The summed E-state index contributed by atoms with van der Waals surface area (Å²) in [4.78, 5) is 31.5. The zero-order valence-corrected chi connectivity index (χ0v) is 13.9. The van der Waals surface area contributed by atoms with Gasteiger partial charge in [0.05, 0.1) is 12.1 Å². The van der Waals surface area contributed by atoms with Crippen LogP contribution >= 0.6 is 0 Å². The largest absolute Gasteiger partial charge is 0.433 e. The summed E-state index contributed by atoms with van der Waals surface area (Å²) in [6.07, 6.45) is -4.83. The van der Waals surface area contributed by atoms with E-state index >= 15 is 0 Å². The van der Waals surface area contributed by atoms with Crippen LogP contribution in [-0.2, 0) is 22.2 Å². The Balaban J connectivity index is 2.17. The number of halogens is 3. The highest BCUT2D eigenvalue weighted by atomic mass is 19.4. The molecule has 0 unspecified atom stereocenters. The maximum atomic E-state index is 12.7. The number of hydrogen-bond acceptors (Lipinski definition) is 3. The van der Waals surface area contributed by atoms with Gasteiger partial charge < -0.3 is 9.80 Å². The van der Waals surface area contributed by atoms with Crippen LogP contribution in [0.1, 0.15) is 32.2 Å². The van der Waals surface area contributed by atoms with E-state index in [1.54, 1.807) is 18.7 Å². The lowest BCUT2D eigenvalue weighted by atomic mass is 9.96. The zero-order valence-electron chi connectivity index (χ0n) is 13.9. The molecule has 0 atom stereocenters. The first-order valence-electron chi connectivity index (χ1n) is 7.70. The molecule has 0 N–H and O–H groups in total. The van der Waals surface area contributed by atoms with E-state index in [1.165, 1.54) is 17.0 Å². The Hall–Kier alpha value is -2.12. The van der Waals surface area contributed by atoms with Crippen LogP contribution in [0.25, 0.3) is 0 Å². The number of alkyl halides is 3. The number of piperazine rings is 1. The van der Waals surface area contributed by atoms with Crippen LogP contribution in [-0.4, -0.2) is 51.8 Å². The Kier molecular flexibility index (Phi) is 4.87. The van der Waals surface area contributed by atoms with E-state index in [2.05, 4.69) is 4.98 Å². The van der Waals surface area contributed by atoms with E-state index in [0.717, 1.165) is 6.07 Å². The minimum Gasteiger partial charge on any atom is -0.339 e. The molecule has 0 saturated carbocycles. The second kappa shape index (κ2) is 6.41. The number of carbonyl (C=O) groups excluding carboxylic acids is 2. The van der Waals surface area contributed by atoms with Gasteiger partial charge in [0.15, 0.2) is 0 Å². The summed E-state index contributed by atoms with van der Waals surface area (Å²) in [6, 6.07) is 3.47. The Morgan fingerprint density at radius 3 is 2.54 bits per heavy atom. The van der Waals surface area contributed by atoms with E-state index < -0.39 is 23.3 Å². The molecule has 0 radical (unpaired) electrons. The van der Waals surface area contributed by atoms with E-state index in [9.17, 15) is 22.8 Å². The van der Waals surface area contributed by atoms with Crippen LogP contribution in [0.2, 0.25) is 0 Å². The maximum Gasteiger partial charge on any atom is 0.433 e. The van der Waals surface area contributed by atoms with E-state index in [1.807, 2.05) is 6.92 Å². The lowest BCUT2D eigenvalue weighted by Crippen LogP contribution is -2.64. The summed E-state index contributed by atoms with van der Waals surface area (Å²) < 4.78 is 38.1. The Morgan fingerprint density at radius 1 is 1.29 bits per heavy atom. The molecular formula is C16H20F3N3O2. The van der Waals surface area contributed by atoms with Crippen molar-refractivity contribution < 1.29 is 22.8 Å². The standard InChI is InChI=1S/C16H20F3N3O2/c1-4-21-8-9-22(15(2,3)14(21)24)13(23)10-11-6-5-7-12(20-11)16(17,18)19/h5-7H,4,8-10H2,1-3H3. The second-order valence-corrected chi connectivity index (χ2v) is 6.18. The molecule has 0 spiro atoms. The summed E-state index contributed by atoms with van der Waals surface area (Å²) >= 11 is 0. The van der Waals surface area contributed by atoms with Gasteiger partial charge in [0, 0.05) is 19.6 Å². The first kappa shape index (κ1) is 18.2. The number of pyridine rings is 1. The normalized spacial score (nSPS) is 18.0. The molecule has 24 heavy (non-hydrogen) atoms. The molecule has 1 aliphatic heterocycles. The van der Waals surface area contributed by atoms with Crippen molar-refractivity contribution in [3.05, 3.63) is 29.6 Å². The van der Waals surface area contributed by atoms with Crippen LogP contribution in [0.4, 0.5) is 13.2 Å². The Morgan fingerprint density at radius 2 is 1.96 bits per heavy atom. The van der Waals surface area contributed by atoms with E-state index in [4.69, 9.17) is 0 Å². The third-order valence-corrected chi connectivity index (χ3v) is 4.19. The van der Waals surface area contributed by atoms with Crippen molar-refractivity contribution in [3.8, 4) is 0 Å². The lowest BCUT2D eigenvalue weighted by Gasteiger charge is -2.45. The molecule has 2 heterocycles. The molecular weight excluding hydrogens is 323 g/mol. The second-order valence-electron chi connectivity index (χ2n) is 6.18. The van der Waals surface area contributed by atoms with Crippen molar-refractivity contribution in [1.29, 1.82) is 0 Å².